The van der Waals surface area contributed by atoms with Crippen LogP contribution >= 0.6 is 11.3 Å². The first-order valence-corrected chi connectivity index (χ1v) is 8.85. The summed E-state index contributed by atoms with van der Waals surface area (Å²) < 4.78 is 37.1. The van der Waals surface area contributed by atoms with Gasteiger partial charge in [-0.05, 0) is 43.2 Å². The van der Waals surface area contributed by atoms with Gasteiger partial charge in [-0.15, -0.1) is 11.3 Å². The SMILES string of the molecule is Cc1ccsc1[C@@H]1C[C@@H]1C(=O)NC1CCN(CC(F)(F)F)CC1. The molecule has 7 heteroatoms. The molecule has 0 unspecified atom stereocenters. The largest absolute Gasteiger partial charge is 0.401 e. The third kappa shape index (κ3) is 4.26. The minimum absolute atomic E-state index is 0.0117. The Balaban J connectivity index is 1.43. The molecule has 3 nitrogen and oxygen atoms in total. The van der Waals surface area contributed by atoms with Crippen molar-refractivity contribution in [2.75, 3.05) is 19.6 Å². The lowest BCUT2D eigenvalue weighted by Gasteiger charge is -2.32. The Morgan fingerprint density at radius 1 is 1.39 bits per heavy atom. The number of amides is 1. The van der Waals surface area contributed by atoms with Crippen molar-refractivity contribution in [3.05, 3.63) is 21.9 Å². The van der Waals surface area contributed by atoms with E-state index < -0.39 is 12.7 Å². The summed E-state index contributed by atoms with van der Waals surface area (Å²) in [4.78, 5) is 15.0. The summed E-state index contributed by atoms with van der Waals surface area (Å²) in [5.74, 6) is 0.443. The van der Waals surface area contributed by atoms with Gasteiger partial charge in [0.2, 0.25) is 5.91 Å². The highest BCUT2D eigenvalue weighted by Crippen LogP contribution is 2.50. The summed E-state index contributed by atoms with van der Waals surface area (Å²) in [5, 5.41) is 5.08. The van der Waals surface area contributed by atoms with Gasteiger partial charge in [-0.1, -0.05) is 0 Å². The van der Waals surface area contributed by atoms with Crippen molar-refractivity contribution in [1.82, 2.24) is 10.2 Å². The molecule has 0 aromatic carbocycles. The van der Waals surface area contributed by atoms with Crippen LogP contribution in [0.25, 0.3) is 0 Å². The van der Waals surface area contributed by atoms with Gasteiger partial charge in [-0.2, -0.15) is 13.2 Å². The van der Waals surface area contributed by atoms with Gasteiger partial charge in [0.25, 0.3) is 0 Å². The Hall–Kier alpha value is -1.08. The number of thiophene rings is 1. The molecular formula is C16H21F3N2OS. The molecule has 1 amide bonds. The lowest BCUT2D eigenvalue weighted by atomic mass is 10.0. The monoisotopic (exact) mass is 346 g/mol. The molecular weight excluding hydrogens is 325 g/mol. The molecule has 0 spiro atoms. The van der Waals surface area contributed by atoms with Crippen molar-refractivity contribution in [1.29, 1.82) is 0 Å². The third-order valence-corrected chi connectivity index (χ3v) is 5.85. The van der Waals surface area contributed by atoms with Gasteiger partial charge in [0.1, 0.15) is 0 Å². The quantitative estimate of drug-likeness (QED) is 0.907. The van der Waals surface area contributed by atoms with Gasteiger partial charge in [0.05, 0.1) is 6.54 Å². The molecule has 2 heterocycles. The Labute approximate surface area is 137 Å². The van der Waals surface area contributed by atoms with Crippen molar-refractivity contribution in [3.63, 3.8) is 0 Å². The third-order valence-electron chi connectivity index (χ3n) is 4.70. The fourth-order valence-electron chi connectivity index (χ4n) is 3.34. The normalized spacial score (nSPS) is 26.3. The van der Waals surface area contributed by atoms with Crippen molar-refractivity contribution in [2.45, 2.75) is 44.3 Å². The van der Waals surface area contributed by atoms with Crippen LogP contribution in [0.1, 0.15) is 35.6 Å². The van der Waals surface area contributed by atoms with E-state index in [1.54, 1.807) is 11.3 Å². The van der Waals surface area contributed by atoms with Crippen LogP contribution in [0.15, 0.2) is 11.4 Å². The highest BCUT2D eigenvalue weighted by Gasteiger charge is 2.45. The molecule has 23 heavy (non-hydrogen) atoms. The summed E-state index contributed by atoms with van der Waals surface area (Å²) >= 11 is 1.70. The smallest absolute Gasteiger partial charge is 0.353 e. The van der Waals surface area contributed by atoms with Gasteiger partial charge < -0.3 is 5.32 Å². The maximum atomic E-state index is 12.4. The van der Waals surface area contributed by atoms with Crippen LogP contribution < -0.4 is 5.32 Å². The zero-order valence-electron chi connectivity index (χ0n) is 13.0. The highest BCUT2D eigenvalue weighted by molar-refractivity contribution is 7.10. The van der Waals surface area contributed by atoms with E-state index in [9.17, 15) is 18.0 Å². The number of nitrogens with one attached hydrogen (secondary N) is 1. The molecule has 1 aliphatic carbocycles. The first-order valence-electron chi connectivity index (χ1n) is 7.97. The lowest BCUT2D eigenvalue weighted by Crippen LogP contribution is -2.47. The summed E-state index contributed by atoms with van der Waals surface area (Å²) in [6, 6.07) is 2.08. The number of carbonyl (C=O) groups is 1. The van der Waals surface area contributed by atoms with Crippen molar-refractivity contribution < 1.29 is 18.0 Å². The second-order valence-electron chi connectivity index (χ2n) is 6.59. The van der Waals surface area contributed by atoms with Crippen LogP contribution in [0, 0.1) is 12.8 Å². The molecule has 128 valence electrons. The van der Waals surface area contributed by atoms with E-state index >= 15 is 0 Å². The summed E-state index contributed by atoms with van der Waals surface area (Å²) in [6.07, 6.45) is -2.07. The number of hydrogen-bond donors (Lipinski definition) is 1. The first-order chi connectivity index (χ1) is 10.8. The van der Waals surface area contributed by atoms with E-state index in [2.05, 4.69) is 18.3 Å². The van der Waals surface area contributed by atoms with Crippen LogP contribution in [-0.2, 0) is 4.79 Å². The molecule has 1 saturated heterocycles. The van der Waals surface area contributed by atoms with Crippen LogP contribution in [0.3, 0.4) is 0 Å². The fourth-order valence-corrected chi connectivity index (χ4v) is 4.44. The maximum Gasteiger partial charge on any atom is 0.401 e. The summed E-state index contributed by atoms with van der Waals surface area (Å²) in [7, 11) is 0. The first kappa shape index (κ1) is 16.8. The van der Waals surface area contributed by atoms with Crippen molar-refractivity contribution in [3.8, 4) is 0 Å². The van der Waals surface area contributed by atoms with Gasteiger partial charge in [0.15, 0.2) is 0 Å². The average molecular weight is 346 g/mol. The second-order valence-corrected chi connectivity index (χ2v) is 7.54. The molecule has 1 saturated carbocycles. The number of hydrogen-bond acceptors (Lipinski definition) is 3. The van der Waals surface area contributed by atoms with Gasteiger partial charge in [0, 0.05) is 35.8 Å². The molecule has 0 radical (unpaired) electrons. The van der Waals surface area contributed by atoms with E-state index in [1.807, 2.05) is 5.38 Å². The molecule has 3 rings (SSSR count). The Kier molecular flexibility index (Phi) is 4.69. The van der Waals surface area contributed by atoms with Crippen LogP contribution in [0.4, 0.5) is 13.2 Å². The fraction of sp³-hybridized carbons (Fsp3) is 0.688. The predicted octanol–water partition coefficient (Wildman–Crippen LogP) is 3.30. The van der Waals surface area contributed by atoms with Gasteiger partial charge in [-0.3, -0.25) is 9.69 Å². The number of aryl methyl sites for hydroxylation is 1. The van der Waals surface area contributed by atoms with E-state index in [0.29, 0.717) is 31.8 Å². The number of rotatable bonds is 4. The molecule has 0 bridgehead atoms. The van der Waals surface area contributed by atoms with Gasteiger partial charge >= 0.3 is 6.18 Å². The molecule has 1 aromatic heterocycles. The van der Waals surface area contributed by atoms with Crippen LogP contribution in [0.5, 0.6) is 0 Å². The molecule has 2 aliphatic rings. The minimum Gasteiger partial charge on any atom is -0.353 e. The molecule has 1 N–H and O–H groups in total. The topological polar surface area (TPSA) is 32.3 Å². The number of piperidine rings is 1. The minimum atomic E-state index is -4.14. The summed E-state index contributed by atoms with van der Waals surface area (Å²) in [5.41, 5.74) is 1.25. The molecule has 1 aliphatic heterocycles. The van der Waals surface area contributed by atoms with Crippen LogP contribution in [0.2, 0.25) is 0 Å². The van der Waals surface area contributed by atoms with Crippen molar-refractivity contribution in [2.24, 2.45) is 5.92 Å². The number of likely N-dealkylation sites (tertiary alicyclic amines) is 1. The van der Waals surface area contributed by atoms with E-state index in [1.165, 1.54) is 15.3 Å². The average Bonchev–Trinajstić information content (AvgIpc) is 3.14. The lowest BCUT2D eigenvalue weighted by molar-refractivity contribution is -0.148. The zero-order chi connectivity index (χ0) is 16.6. The molecule has 1 aromatic rings. The number of halogens is 3. The van der Waals surface area contributed by atoms with E-state index in [-0.39, 0.29) is 17.9 Å². The van der Waals surface area contributed by atoms with E-state index in [0.717, 1.165) is 6.42 Å². The predicted molar refractivity (Wildman–Crippen MR) is 83.6 cm³/mol. The Morgan fingerprint density at radius 3 is 2.65 bits per heavy atom. The highest BCUT2D eigenvalue weighted by atomic mass is 32.1. The molecule has 2 atom stereocenters. The second kappa shape index (κ2) is 6.43. The Morgan fingerprint density at radius 2 is 2.09 bits per heavy atom. The van der Waals surface area contributed by atoms with E-state index in [4.69, 9.17) is 0 Å². The summed E-state index contributed by atoms with van der Waals surface area (Å²) in [6.45, 7) is 2.00. The van der Waals surface area contributed by atoms with Crippen molar-refractivity contribution >= 4 is 17.2 Å². The number of nitrogens with zero attached hydrogens (tertiary/aromatic N) is 1. The maximum absolute atomic E-state index is 12.4. The van der Waals surface area contributed by atoms with Crippen LogP contribution in [-0.4, -0.2) is 42.7 Å². The zero-order valence-corrected chi connectivity index (χ0v) is 13.8. The number of carbonyl (C=O) groups excluding carboxylic acids is 1. The molecule has 2 fully saturated rings. The van der Waals surface area contributed by atoms with Gasteiger partial charge in [-0.25, -0.2) is 0 Å². The standard InChI is InChI=1S/C16H21F3N2OS/c1-10-4-7-23-14(10)12-8-13(12)15(22)20-11-2-5-21(6-3-11)9-16(17,18)19/h4,7,11-13H,2-3,5-6,8-9H2,1H3,(H,20,22)/t12-,13+/m1/s1. The number of alkyl halides is 3. The Bertz CT molecular complexity index is 564.